The third-order valence-corrected chi connectivity index (χ3v) is 4.88. The fourth-order valence-corrected chi connectivity index (χ4v) is 3.70. The van der Waals surface area contributed by atoms with E-state index in [0.717, 1.165) is 15.9 Å². The highest BCUT2D eigenvalue weighted by atomic mass is 32.1. The Labute approximate surface area is 123 Å². The van der Waals surface area contributed by atoms with Gasteiger partial charge < -0.3 is 5.32 Å². The Morgan fingerprint density at radius 3 is 2.65 bits per heavy atom. The highest BCUT2D eigenvalue weighted by Gasteiger charge is 2.12. The first-order valence-electron chi connectivity index (χ1n) is 7.42. The molecule has 0 spiro atoms. The second-order valence-corrected chi connectivity index (χ2v) is 6.53. The molecule has 3 nitrogen and oxygen atoms in total. The van der Waals surface area contributed by atoms with E-state index >= 15 is 0 Å². The topological polar surface area (TPSA) is 48.7 Å². The van der Waals surface area contributed by atoms with Crippen molar-refractivity contribution >= 4 is 27.2 Å². The molecule has 0 bridgehead atoms. The van der Waals surface area contributed by atoms with Gasteiger partial charge in [-0.3, -0.25) is 0 Å². The number of hydrogen-bond acceptors (Lipinski definition) is 4. The van der Waals surface area contributed by atoms with E-state index in [9.17, 15) is 0 Å². The normalized spacial score (nSPS) is 17.4. The second kappa shape index (κ2) is 6.23. The van der Waals surface area contributed by atoms with Gasteiger partial charge in [0.15, 0.2) is 5.01 Å². The molecule has 2 aromatic rings. The highest BCUT2D eigenvalue weighted by Crippen LogP contribution is 2.27. The molecule has 4 heteroatoms. The fourth-order valence-electron chi connectivity index (χ4n) is 2.90. The summed E-state index contributed by atoms with van der Waals surface area (Å²) in [5.74, 6) is 0. The van der Waals surface area contributed by atoms with Gasteiger partial charge in [-0.2, -0.15) is 5.26 Å². The molecule has 3 rings (SSSR count). The van der Waals surface area contributed by atoms with Crippen LogP contribution in [0.3, 0.4) is 0 Å². The van der Waals surface area contributed by atoms with E-state index < -0.39 is 0 Å². The zero-order valence-corrected chi connectivity index (χ0v) is 12.4. The van der Waals surface area contributed by atoms with Crippen LogP contribution >= 0.6 is 11.3 Å². The van der Waals surface area contributed by atoms with Crippen molar-refractivity contribution in [1.29, 1.82) is 5.26 Å². The van der Waals surface area contributed by atoms with Crippen LogP contribution in [0.15, 0.2) is 18.2 Å². The molecule has 1 aromatic carbocycles. The number of anilines is 1. The largest absolute Gasteiger partial charge is 0.382 e. The summed E-state index contributed by atoms with van der Waals surface area (Å²) in [5, 5.41) is 13.1. The number of hydrogen-bond donors (Lipinski definition) is 1. The van der Waals surface area contributed by atoms with Crippen molar-refractivity contribution in [2.45, 2.75) is 51.0 Å². The predicted octanol–water partition coefficient (Wildman–Crippen LogP) is 4.69. The van der Waals surface area contributed by atoms with Gasteiger partial charge in [-0.1, -0.05) is 32.1 Å². The first-order valence-corrected chi connectivity index (χ1v) is 8.24. The van der Waals surface area contributed by atoms with Crippen LogP contribution in [0, 0.1) is 11.3 Å². The van der Waals surface area contributed by atoms with Crippen LogP contribution < -0.4 is 5.32 Å². The Morgan fingerprint density at radius 1 is 1.15 bits per heavy atom. The first-order chi connectivity index (χ1) is 9.85. The number of nitrogens with zero attached hydrogens (tertiary/aromatic N) is 2. The summed E-state index contributed by atoms with van der Waals surface area (Å²) in [6.07, 6.45) is 9.35. The molecule has 20 heavy (non-hydrogen) atoms. The molecule has 1 aromatic heterocycles. The molecule has 1 N–H and O–H groups in total. The van der Waals surface area contributed by atoms with Crippen LogP contribution in [0.2, 0.25) is 0 Å². The summed E-state index contributed by atoms with van der Waals surface area (Å²) < 4.78 is 1.09. The molecule has 1 fully saturated rings. The van der Waals surface area contributed by atoms with Gasteiger partial charge in [0, 0.05) is 11.7 Å². The number of benzene rings is 1. The lowest BCUT2D eigenvalue weighted by Gasteiger charge is -2.22. The maximum absolute atomic E-state index is 8.91. The van der Waals surface area contributed by atoms with Gasteiger partial charge >= 0.3 is 0 Å². The Morgan fingerprint density at radius 2 is 1.90 bits per heavy atom. The minimum Gasteiger partial charge on any atom is -0.382 e. The standard InChI is InChI=1S/C16H19N3S/c17-11-16-19-14-9-8-13(10-15(14)20-16)18-12-6-4-2-1-3-5-7-12/h8-10,12,18H,1-7H2. The third-order valence-electron chi connectivity index (χ3n) is 3.96. The predicted molar refractivity (Wildman–Crippen MR) is 84.1 cm³/mol. The van der Waals surface area contributed by atoms with Crippen molar-refractivity contribution in [2.75, 3.05) is 5.32 Å². The monoisotopic (exact) mass is 285 g/mol. The van der Waals surface area contributed by atoms with Crippen molar-refractivity contribution in [1.82, 2.24) is 4.98 Å². The number of aromatic nitrogens is 1. The number of rotatable bonds is 2. The Bertz CT molecular complexity index is 618. The van der Waals surface area contributed by atoms with Crippen molar-refractivity contribution in [2.24, 2.45) is 0 Å². The third kappa shape index (κ3) is 3.10. The van der Waals surface area contributed by atoms with Crippen LogP contribution in [0.5, 0.6) is 0 Å². The second-order valence-electron chi connectivity index (χ2n) is 5.50. The SMILES string of the molecule is N#Cc1nc2ccc(NC3CCCCCCC3)cc2s1. The number of nitrogens with one attached hydrogen (secondary N) is 1. The van der Waals surface area contributed by atoms with Gasteiger partial charge in [-0.15, -0.1) is 11.3 Å². The number of thiazole rings is 1. The molecule has 0 unspecified atom stereocenters. The minimum absolute atomic E-state index is 0.545. The Kier molecular flexibility index (Phi) is 4.17. The first kappa shape index (κ1) is 13.4. The average Bonchev–Trinajstić information content (AvgIpc) is 2.84. The molecule has 1 aliphatic rings. The van der Waals surface area contributed by atoms with E-state index in [0.29, 0.717) is 11.0 Å². The Balaban J connectivity index is 1.74. The van der Waals surface area contributed by atoms with E-state index in [1.807, 2.05) is 6.07 Å². The summed E-state index contributed by atoms with van der Waals surface area (Å²) in [5.41, 5.74) is 2.09. The van der Waals surface area contributed by atoms with Crippen LogP contribution in [-0.4, -0.2) is 11.0 Å². The number of fused-ring (bicyclic) bond motifs is 1. The number of nitriles is 1. The van der Waals surface area contributed by atoms with Crippen LogP contribution in [-0.2, 0) is 0 Å². The molecule has 0 radical (unpaired) electrons. The smallest absolute Gasteiger partial charge is 0.195 e. The van der Waals surface area contributed by atoms with Crippen molar-refractivity contribution in [3.05, 3.63) is 23.2 Å². The molecule has 0 amide bonds. The molecule has 0 saturated heterocycles. The van der Waals surface area contributed by atoms with Crippen LogP contribution in [0.4, 0.5) is 5.69 Å². The molecule has 1 saturated carbocycles. The molecule has 104 valence electrons. The molecule has 1 heterocycles. The van der Waals surface area contributed by atoms with Crippen molar-refractivity contribution in [3.8, 4) is 6.07 Å². The minimum atomic E-state index is 0.545. The quantitative estimate of drug-likeness (QED) is 0.870. The molecular weight excluding hydrogens is 266 g/mol. The molecule has 0 atom stereocenters. The fraction of sp³-hybridized carbons (Fsp3) is 0.500. The van der Waals surface area contributed by atoms with Gasteiger partial charge in [0.1, 0.15) is 6.07 Å². The van der Waals surface area contributed by atoms with Gasteiger partial charge in [-0.05, 0) is 31.0 Å². The lowest BCUT2D eigenvalue weighted by molar-refractivity contribution is 0.471. The average molecular weight is 285 g/mol. The van der Waals surface area contributed by atoms with Crippen LogP contribution in [0.1, 0.15) is 50.0 Å². The summed E-state index contributed by atoms with van der Waals surface area (Å²) in [6.45, 7) is 0. The van der Waals surface area contributed by atoms with Crippen LogP contribution in [0.25, 0.3) is 10.2 Å². The maximum atomic E-state index is 8.91. The summed E-state index contributed by atoms with van der Waals surface area (Å²) in [6, 6.07) is 8.94. The zero-order valence-electron chi connectivity index (χ0n) is 11.6. The van der Waals surface area contributed by atoms with Gasteiger partial charge in [0.25, 0.3) is 0 Å². The van der Waals surface area contributed by atoms with E-state index in [-0.39, 0.29) is 0 Å². The van der Waals surface area contributed by atoms with E-state index in [2.05, 4.69) is 28.5 Å². The van der Waals surface area contributed by atoms with Gasteiger partial charge in [0.05, 0.1) is 10.2 Å². The maximum Gasteiger partial charge on any atom is 0.195 e. The van der Waals surface area contributed by atoms with E-state index in [4.69, 9.17) is 5.26 Å². The molecular formula is C16H19N3S. The lowest BCUT2D eigenvalue weighted by atomic mass is 9.96. The summed E-state index contributed by atoms with van der Waals surface area (Å²) >= 11 is 1.47. The lowest BCUT2D eigenvalue weighted by Crippen LogP contribution is -2.20. The molecule has 1 aliphatic carbocycles. The zero-order chi connectivity index (χ0) is 13.8. The van der Waals surface area contributed by atoms with E-state index in [1.54, 1.807) is 0 Å². The van der Waals surface area contributed by atoms with Crippen molar-refractivity contribution in [3.63, 3.8) is 0 Å². The van der Waals surface area contributed by atoms with E-state index in [1.165, 1.54) is 56.3 Å². The summed E-state index contributed by atoms with van der Waals surface area (Å²) in [4.78, 5) is 4.28. The highest BCUT2D eigenvalue weighted by molar-refractivity contribution is 7.19. The Hall–Kier alpha value is -1.60. The van der Waals surface area contributed by atoms with Gasteiger partial charge in [0.2, 0.25) is 0 Å². The summed E-state index contributed by atoms with van der Waals surface area (Å²) in [7, 11) is 0. The van der Waals surface area contributed by atoms with Gasteiger partial charge in [-0.25, -0.2) is 4.98 Å². The van der Waals surface area contributed by atoms with Crippen molar-refractivity contribution < 1.29 is 0 Å². The molecule has 0 aliphatic heterocycles.